The lowest BCUT2D eigenvalue weighted by molar-refractivity contribution is 0.0879. The van der Waals surface area contributed by atoms with E-state index in [1.165, 1.54) is 11.3 Å². The highest BCUT2D eigenvalue weighted by Crippen LogP contribution is 2.13. The van der Waals surface area contributed by atoms with Crippen molar-refractivity contribution in [1.82, 2.24) is 15.5 Å². The molecule has 1 aromatic heterocycles. The molecule has 1 aromatic carbocycles. The lowest BCUT2D eigenvalue weighted by Crippen LogP contribution is -2.19. The third-order valence-electron chi connectivity index (χ3n) is 2.01. The van der Waals surface area contributed by atoms with Gasteiger partial charge in [0.25, 0.3) is 11.8 Å². The standard InChI is InChI=1S/C8H5NO2.C2H2N2S2/c10-7-5-3-1-2-4-6(5)8(11)9-7;5-2-4-3-1-6-2/h1-4H,(H,9,10,11);1H,(H,4,5). The summed E-state index contributed by atoms with van der Waals surface area (Å²) in [7, 11) is 0. The Kier molecular flexibility index (Phi) is 3.40. The number of aromatic amines is 1. The molecule has 2 N–H and O–H groups in total. The van der Waals surface area contributed by atoms with E-state index in [0.717, 1.165) is 3.95 Å². The molecule has 1 aliphatic rings. The predicted molar refractivity (Wildman–Crippen MR) is 65.5 cm³/mol. The summed E-state index contributed by atoms with van der Waals surface area (Å²) in [4.78, 5) is 21.9. The Balaban J connectivity index is 0.000000153. The van der Waals surface area contributed by atoms with Crippen molar-refractivity contribution in [3.63, 3.8) is 0 Å². The summed E-state index contributed by atoms with van der Waals surface area (Å²) in [5, 5.41) is 8.40. The van der Waals surface area contributed by atoms with Crippen molar-refractivity contribution < 1.29 is 9.59 Å². The van der Waals surface area contributed by atoms with Crippen molar-refractivity contribution in [2.45, 2.75) is 0 Å². The van der Waals surface area contributed by atoms with Crippen LogP contribution in [0.25, 0.3) is 0 Å². The van der Waals surface area contributed by atoms with Gasteiger partial charge in [0.2, 0.25) is 0 Å². The first kappa shape index (κ1) is 11.6. The molecule has 86 valence electrons. The number of carbonyl (C=O) groups excluding carboxylic acids is 2. The Morgan fingerprint density at radius 3 is 2.06 bits per heavy atom. The van der Waals surface area contributed by atoms with Crippen LogP contribution in [-0.2, 0) is 0 Å². The number of aromatic nitrogens is 2. The van der Waals surface area contributed by atoms with Gasteiger partial charge in [0.05, 0.1) is 11.1 Å². The number of hydrogen-bond donors (Lipinski definition) is 2. The fraction of sp³-hybridized carbons (Fsp3) is 0. The van der Waals surface area contributed by atoms with Crippen molar-refractivity contribution in [3.8, 4) is 0 Å². The Bertz CT molecular complexity index is 568. The molecule has 2 aromatic rings. The molecule has 2 amide bonds. The second-order valence-corrected chi connectivity index (χ2v) is 4.60. The van der Waals surface area contributed by atoms with Gasteiger partial charge in [0, 0.05) is 0 Å². The molecule has 0 aliphatic carbocycles. The normalized spacial score (nSPS) is 12.5. The van der Waals surface area contributed by atoms with E-state index in [1.807, 2.05) is 0 Å². The van der Waals surface area contributed by atoms with E-state index in [9.17, 15) is 9.59 Å². The summed E-state index contributed by atoms with van der Waals surface area (Å²) in [5.74, 6) is -0.601. The summed E-state index contributed by atoms with van der Waals surface area (Å²) >= 11 is 6.07. The number of carbonyl (C=O) groups is 2. The number of amides is 2. The van der Waals surface area contributed by atoms with Crippen molar-refractivity contribution in [3.05, 3.63) is 44.9 Å². The number of imide groups is 1. The number of benzene rings is 1. The minimum atomic E-state index is -0.300. The predicted octanol–water partition coefficient (Wildman–Crippen LogP) is 1.77. The molecule has 5 nitrogen and oxygen atoms in total. The summed E-state index contributed by atoms with van der Waals surface area (Å²) < 4.78 is 0.731. The van der Waals surface area contributed by atoms with Gasteiger partial charge in [-0.1, -0.05) is 23.5 Å². The van der Waals surface area contributed by atoms with Gasteiger partial charge in [0.15, 0.2) is 3.95 Å². The van der Waals surface area contributed by atoms with E-state index < -0.39 is 0 Å². The van der Waals surface area contributed by atoms with Gasteiger partial charge in [0.1, 0.15) is 5.51 Å². The molecule has 0 saturated heterocycles. The fourth-order valence-electron chi connectivity index (χ4n) is 1.30. The highest BCUT2D eigenvalue weighted by molar-refractivity contribution is 7.73. The maximum atomic E-state index is 10.9. The molecular weight excluding hydrogens is 258 g/mol. The van der Waals surface area contributed by atoms with Crippen molar-refractivity contribution in [2.24, 2.45) is 0 Å². The van der Waals surface area contributed by atoms with Crippen molar-refractivity contribution in [2.75, 3.05) is 0 Å². The van der Waals surface area contributed by atoms with Crippen molar-refractivity contribution in [1.29, 1.82) is 0 Å². The molecule has 0 atom stereocenters. The van der Waals surface area contributed by atoms with Gasteiger partial charge >= 0.3 is 0 Å². The summed E-state index contributed by atoms with van der Waals surface area (Å²) in [6, 6.07) is 6.74. The molecule has 0 radical (unpaired) electrons. The third kappa shape index (κ3) is 2.63. The Morgan fingerprint density at radius 1 is 1.12 bits per heavy atom. The van der Waals surface area contributed by atoms with Crippen LogP contribution < -0.4 is 5.32 Å². The molecule has 3 rings (SSSR count). The Hall–Kier alpha value is -1.86. The van der Waals surface area contributed by atoms with Gasteiger partial charge in [-0.05, 0) is 24.4 Å². The van der Waals surface area contributed by atoms with Crippen LogP contribution in [-0.4, -0.2) is 22.0 Å². The number of rotatable bonds is 0. The first-order valence-electron chi connectivity index (χ1n) is 4.61. The first-order chi connectivity index (χ1) is 8.18. The lowest BCUT2D eigenvalue weighted by atomic mass is 10.1. The smallest absolute Gasteiger partial charge is 0.258 e. The highest BCUT2D eigenvalue weighted by atomic mass is 32.1. The second-order valence-electron chi connectivity index (χ2n) is 3.08. The number of fused-ring (bicyclic) bond motifs is 1. The van der Waals surface area contributed by atoms with Crippen molar-refractivity contribution >= 4 is 35.4 Å². The molecule has 1 aliphatic heterocycles. The zero-order chi connectivity index (χ0) is 12.3. The zero-order valence-corrected chi connectivity index (χ0v) is 10.1. The van der Waals surface area contributed by atoms with E-state index in [-0.39, 0.29) is 11.8 Å². The van der Waals surface area contributed by atoms with Crippen LogP contribution in [0.4, 0.5) is 0 Å². The second kappa shape index (κ2) is 4.98. The molecule has 7 heteroatoms. The number of H-pyrrole nitrogens is 1. The molecule has 0 spiro atoms. The van der Waals surface area contributed by atoms with Crippen LogP contribution >= 0.6 is 23.6 Å². The average Bonchev–Trinajstić information content (AvgIpc) is 2.90. The van der Waals surface area contributed by atoms with Gasteiger partial charge in [-0.2, -0.15) is 5.10 Å². The lowest BCUT2D eigenvalue weighted by Gasteiger charge is -1.88. The molecule has 0 unspecified atom stereocenters. The SMILES string of the molecule is O=C1NC(=O)c2ccccc21.S=c1[nH]ncs1. The van der Waals surface area contributed by atoms with E-state index in [0.29, 0.717) is 11.1 Å². The molecular formula is C10H7N3O2S2. The van der Waals surface area contributed by atoms with E-state index in [1.54, 1.807) is 29.8 Å². The van der Waals surface area contributed by atoms with E-state index in [4.69, 9.17) is 0 Å². The average molecular weight is 265 g/mol. The Labute approximate surface area is 105 Å². The number of nitrogens with one attached hydrogen (secondary N) is 2. The van der Waals surface area contributed by atoms with Gasteiger partial charge in [-0.15, -0.1) is 0 Å². The molecule has 2 heterocycles. The van der Waals surface area contributed by atoms with Gasteiger partial charge in [-0.3, -0.25) is 20.0 Å². The van der Waals surface area contributed by atoms with Crippen LogP contribution in [0.15, 0.2) is 29.8 Å². The van der Waals surface area contributed by atoms with Crippen LogP contribution in [0, 0.1) is 3.95 Å². The highest BCUT2D eigenvalue weighted by Gasteiger charge is 2.25. The summed E-state index contributed by atoms with van der Waals surface area (Å²) in [6.07, 6.45) is 0. The fourth-order valence-corrected chi connectivity index (χ4v) is 1.78. The zero-order valence-electron chi connectivity index (χ0n) is 8.47. The van der Waals surface area contributed by atoms with Crippen LogP contribution in [0.1, 0.15) is 20.7 Å². The third-order valence-corrected chi connectivity index (χ3v) is 2.91. The maximum absolute atomic E-state index is 10.9. The summed E-state index contributed by atoms with van der Waals surface area (Å²) in [5.41, 5.74) is 2.61. The van der Waals surface area contributed by atoms with E-state index in [2.05, 4.69) is 27.7 Å². The summed E-state index contributed by atoms with van der Waals surface area (Å²) in [6.45, 7) is 0. The van der Waals surface area contributed by atoms with Gasteiger partial charge < -0.3 is 0 Å². The molecule has 0 saturated carbocycles. The minimum absolute atomic E-state index is 0.300. The minimum Gasteiger partial charge on any atom is -0.288 e. The molecule has 0 bridgehead atoms. The Morgan fingerprint density at radius 2 is 1.71 bits per heavy atom. The number of hydrogen-bond acceptors (Lipinski definition) is 5. The topological polar surface area (TPSA) is 74.8 Å². The van der Waals surface area contributed by atoms with Crippen LogP contribution in [0.3, 0.4) is 0 Å². The van der Waals surface area contributed by atoms with Crippen LogP contribution in [0.2, 0.25) is 0 Å². The van der Waals surface area contributed by atoms with Crippen LogP contribution in [0.5, 0.6) is 0 Å². The maximum Gasteiger partial charge on any atom is 0.258 e. The largest absolute Gasteiger partial charge is 0.288 e. The molecule has 0 fully saturated rings. The first-order valence-corrected chi connectivity index (χ1v) is 5.90. The number of nitrogens with zero attached hydrogens (tertiary/aromatic N) is 1. The molecule has 17 heavy (non-hydrogen) atoms. The monoisotopic (exact) mass is 265 g/mol. The van der Waals surface area contributed by atoms with E-state index >= 15 is 0 Å². The van der Waals surface area contributed by atoms with Gasteiger partial charge in [-0.25, -0.2) is 0 Å². The quantitative estimate of drug-likeness (QED) is 0.562.